The molecule has 1 aliphatic heterocycles. The van der Waals surface area contributed by atoms with Crippen molar-refractivity contribution in [1.29, 1.82) is 0 Å². The van der Waals surface area contributed by atoms with Crippen molar-refractivity contribution in [2.75, 3.05) is 26.2 Å². The van der Waals surface area contributed by atoms with E-state index < -0.39 is 0 Å². The fourth-order valence-corrected chi connectivity index (χ4v) is 3.33. The molecule has 0 spiro atoms. The summed E-state index contributed by atoms with van der Waals surface area (Å²) in [5.41, 5.74) is 0. The number of nitrogens with one attached hydrogen (secondary N) is 1. The molecule has 0 bridgehead atoms. The fourth-order valence-electron chi connectivity index (χ4n) is 3.33. The largest absolute Gasteiger partial charge is 0.316 e. The third-order valence-corrected chi connectivity index (χ3v) is 4.87. The third kappa shape index (κ3) is 6.27. The van der Waals surface area contributed by atoms with Crippen LogP contribution in [0.2, 0.25) is 0 Å². The second-order valence-corrected chi connectivity index (χ2v) is 6.54. The van der Waals surface area contributed by atoms with Gasteiger partial charge >= 0.3 is 0 Å². The summed E-state index contributed by atoms with van der Waals surface area (Å²) in [5, 5.41) is 3.57. The SMILES string of the molecule is CCCNCC(C)C(C)N1CCCC(CCC)CC1. The van der Waals surface area contributed by atoms with Gasteiger partial charge in [-0.25, -0.2) is 0 Å². The minimum atomic E-state index is 0.727. The van der Waals surface area contributed by atoms with E-state index in [1.165, 1.54) is 58.2 Å². The topological polar surface area (TPSA) is 15.3 Å². The molecule has 0 aromatic heterocycles. The Morgan fingerprint density at radius 1 is 1.11 bits per heavy atom. The molecule has 114 valence electrons. The molecule has 2 nitrogen and oxygen atoms in total. The molecule has 0 aromatic carbocycles. The normalized spacial score (nSPS) is 24.9. The monoisotopic (exact) mass is 268 g/mol. The lowest BCUT2D eigenvalue weighted by Crippen LogP contribution is -2.41. The Kier molecular flexibility index (Phi) is 8.72. The summed E-state index contributed by atoms with van der Waals surface area (Å²) in [4.78, 5) is 2.74. The maximum atomic E-state index is 3.57. The lowest BCUT2D eigenvalue weighted by atomic mass is 9.96. The molecule has 1 fully saturated rings. The van der Waals surface area contributed by atoms with E-state index in [4.69, 9.17) is 0 Å². The van der Waals surface area contributed by atoms with Gasteiger partial charge in [0.05, 0.1) is 0 Å². The molecule has 0 saturated carbocycles. The van der Waals surface area contributed by atoms with Crippen molar-refractivity contribution < 1.29 is 0 Å². The molecule has 1 saturated heterocycles. The van der Waals surface area contributed by atoms with Crippen molar-refractivity contribution in [3.8, 4) is 0 Å². The Balaban J connectivity index is 2.33. The van der Waals surface area contributed by atoms with Crippen LogP contribution in [0.3, 0.4) is 0 Å². The van der Waals surface area contributed by atoms with Crippen LogP contribution in [-0.2, 0) is 0 Å². The van der Waals surface area contributed by atoms with Gasteiger partial charge in [0, 0.05) is 6.04 Å². The fraction of sp³-hybridized carbons (Fsp3) is 1.00. The average Bonchev–Trinajstić information content (AvgIpc) is 2.64. The van der Waals surface area contributed by atoms with Crippen LogP contribution in [0.15, 0.2) is 0 Å². The second-order valence-electron chi connectivity index (χ2n) is 6.54. The number of hydrogen-bond donors (Lipinski definition) is 1. The van der Waals surface area contributed by atoms with E-state index in [9.17, 15) is 0 Å². The molecule has 1 N–H and O–H groups in total. The van der Waals surface area contributed by atoms with Gasteiger partial charge in [-0.05, 0) is 70.6 Å². The van der Waals surface area contributed by atoms with Crippen molar-refractivity contribution in [3.63, 3.8) is 0 Å². The zero-order valence-corrected chi connectivity index (χ0v) is 13.8. The first-order chi connectivity index (χ1) is 9.19. The Bertz CT molecular complexity index is 217. The molecule has 0 aliphatic carbocycles. The maximum Gasteiger partial charge on any atom is 0.0105 e. The quantitative estimate of drug-likeness (QED) is 0.671. The van der Waals surface area contributed by atoms with E-state index in [0.717, 1.165) is 24.4 Å². The zero-order valence-electron chi connectivity index (χ0n) is 13.8. The minimum Gasteiger partial charge on any atom is -0.316 e. The van der Waals surface area contributed by atoms with Crippen molar-refractivity contribution in [2.45, 2.75) is 72.3 Å². The van der Waals surface area contributed by atoms with E-state index in [1.54, 1.807) is 0 Å². The number of hydrogen-bond acceptors (Lipinski definition) is 2. The van der Waals surface area contributed by atoms with Crippen LogP contribution in [0.1, 0.15) is 66.2 Å². The van der Waals surface area contributed by atoms with Gasteiger partial charge in [0.15, 0.2) is 0 Å². The first-order valence-corrected chi connectivity index (χ1v) is 8.63. The van der Waals surface area contributed by atoms with E-state index in [0.29, 0.717) is 0 Å². The summed E-state index contributed by atoms with van der Waals surface area (Å²) < 4.78 is 0. The highest BCUT2D eigenvalue weighted by Crippen LogP contribution is 2.24. The lowest BCUT2D eigenvalue weighted by Gasteiger charge is -2.32. The summed E-state index contributed by atoms with van der Waals surface area (Å²) >= 11 is 0. The van der Waals surface area contributed by atoms with Crippen LogP contribution >= 0.6 is 0 Å². The lowest BCUT2D eigenvalue weighted by molar-refractivity contribution is 0.163. The first kappa shape index (κ1) is 17.0. The number of likely N-dealkylation sites (tertiary alicyclic amines) is 1. The average molecular weight is 268 g/mol. The maximum absolute atomic E-state index is 3.57. The molecule has 2 heteroatoms. The molecule has 19 heavy (non-hydrogen) atoms. The highest BCUT2D eigenvalue weighted by atomic mass is 15.2. The van der Waals surface area contributed by atoms with Gasteiger partial charge in [-0.2, -0.15) is 0 Å². The van der Waals surface area contributed by atoms with E-state index in [-0.39, 0.29) is 0 Å². The van der Waals surface area contributed by atoms with Gasteiger partial charge < -0.3 is 10.2 Å². The summed E-state index contributed by atoms with van der Waals surface area (Å²) in [6, 6.07) is 0.727. The summed E-state index contributed by atoms with van der Waals surface area (Å²) in [6.45, 7) is 14.4. The van der Waals surface area contributed by atoms with Gasteiger partial charge in [-0.15, -0.1) is 0 Å². The zero-order chi connectivity index (χ0) is 14.1. The predicted molar refractivity (Wildman–Crippen MR) is 85.6 cm³/mol. The summed E-state index contributed by atoms with van der Waals surface area (Å²) in [7, 11) is 0. The third-order valence-electron chi connectivity index (χ3n) is 4.87. The Morgan fingerprint density at radius 2 is 1.89 bits per heavy atom. The molecule has 3 atom stereocenters. The molecular weight excluding hydrogens is 232 g/mol. The van der Waals surface area contributed by atoms with Crippen molar-refractivity contribution in [2.24, 2.45) is 11.8 Å². The van der Waals surface area contributed by atoms with Crippen LogP contribution in [0.25, 0.3) is 0 Å². The van der Waals surface area contributed by atoms with Crippen LogP contribution in [0, 0.1) is 11.8 Å². The minimum absolute atomic E-state index is 0.727. The van der Waals surface area contributed by atoms with E-state index in [2.05, 4.69) is 37.9 Å². The molecule has 0 amide bonds. The molecule has 1 aliphatic rings. The first-order valence-electron chi connectivity index (χ1n) is 8.63. The number of nitrogens with zero attached hydrogens (tertiary/aromatic N) is 1. The molecule has 3 unspecified atom stereocenters. The van der Waals surface area contributed by atoms with Crippen LogP contribution in [0.4, 0.5) is 0 Å². The van der Waals surface area contributed by atoms with Gasteiger partial charge in [0.25, 0.3) is 0 Å². The van der Waals surface area contributed by atoms with Crippen LogP contribution < -0.4 is 5.32 Å². The summed E-state index contributed by atoms with van der Waals surface area (Å²) in [5.74, 6) is 1.75. The van der Waals surface area contributed by atoms with Gasteiger partial charge in [-0.1, -0.05) is 33.6 Å². The molecule has 1 rings (SSSR count). The Morgan fingerprint density at radius 3 is 2.58 bits per heavy atom. The van der Waals surface area contributed by atoms with Gasteiger partial charge in [0.1, 0.15) is 0 Å². The standard InChI is InChI=1S/C17H36N2/c1-5-8-17-9-7-12-19(13-10-17)16(4)15(3)14-18-11-6-2/h15-18H,5-14H2,1-4H3. The highest BCUT2D eigenvalue weighted by molar-refractivity contribution is 4.78. The molecular formula is C17H36N2. The Labute approximate surface area is 121 Å². The van der Waals surface area contributed by atoms with Crippen LogP contribution in [-0.4, -0.2) is 37.1 Å². The van der Waals surface area contributed by atoms with E-state index in [1.807, 2.05) is 0 Å². The molecule has 0 aromatic rings. The smallest absolute Gasteiger partial charge is 0.0105 e. The summed E-state index contributed by atoms with van der Waals surface area (Å²) in [6.07, 6.45) is 8.33. The molecule has 1 heterocycles. The second kappa shape index (κ2) is 9.77. The molecule has 0 radical (unpaired) electrons. The number of rotatable bonds is 8. The van der Waals surface area contributed by atoms with Gasteiger partial charge in [0.2, 0.25) is 0 Å². The predicted octanol–water partition coefficient (Wildman–Crippen LogP) is 3.91. The van der Waals surface area contributed by atoms with Crippen molar-refractivity contribution in [1.82, 2.24) is 10.2 Å². The van der Waals surface area contributed by atoms with Crippen molar-refractivity contribution in [3.05, 3.63) is 0 Å². The van der Waals surface area contributed by atoms with Gasteiger partial charge in [-0.3, -0.25) is 0 Å². The van der Waals surface area contributed by atoms with Crippen LogP contribution in [0.5, 0.6) is 0 Å². The van der Waals surface area contributed by atoms with E-state index >= 15 is 0 Å². The Hall–Kier alpha value is -0.0800. The highest BCUT2D eigenvalue weighted by Gasteiger charge is 2.23. The van der Waals surface area contributed by atoms with Crippen molar-refractivity contribution >= 4 is 0 Å².